The monoisotopic (exact) mass is 302 g/mol. The van der Waals surface area contributed by atoms with Crippen LogP contribution in [0.5, 0.6) is 0 Å². The van der Waals surface area contributed by atoms with E-state index in [2.05, 4.69) is 10.4 Å². The molecule has 2 rings (SSSR count). The molecule has 1 aromatic heterocycles. The molecule has 1 aromatic carbocycles. The van der Waals surface area contributed by atoms with Crippen LogP contribution in [-0.4, -0.2) is 15.7 Å². The van der Waals surface area contributed by atoms with Crippen molar-refractivity contribution in [3.8, 4) is 0 Å². The number of anilines is 2. The Hall–Kier alpha value is -1.79. The van der Waals surface area contributed by atoms with Gasteiger partial charge >= 0.3 is 0 Å². The summed E-state index contributed by atoms with van der Waals surface area (Å²) in [5.74, 6) is -0.669. The summed E-state index contributed by atoms with van der Waals surface area (Å²) in [7, 11) is 0. The molecule has 0 aliphatic heterocycles. The van der Waals surface area contributed by atoms with Gasteiger partial charge < -0.3 is 11.1 Å². The minimum absolute atomic E-state index is 0.0262. The van der Waals surface area contributed by atoms with Gasteiger partial charge in [0.05, 0.1) is 15.7 Å². The molecule has 0 fully saturated rings. The molecule has 0 aliphatic rings. The number of amides is 1. The van der Waals surface area contributed by atoms with Gasteiger partial charge in [-0.3, -0.25) is 9.48 Å². The largest absolute Gasteiger partial charge is 0.382 e. The van der Waals surface area contributed by atoms with Crippen LogP contribution >= 0.6 is 23.2 Å². The van der Waals surface area contributed by atoms with Crippen LogP contribution in [0.15, 0.2) is 24.4 Å². The number of nitrogen functional groups attached to an aromatic ring is 1. The molecule has 3 N–H and O–H groups in total. The maximum atomic E-state index is 13.0. The second-order valence-electron chi connectivity index (χ2n) is 3.73. The molecule has 2 aromatic rings. The topological polar surface area (TPSA) is 72.9 Å². The molecule has 0 atom stereocenters. The standard InChI is InChI=1S/C11H9Cl2FN4O/c12-7-3-6(14)4-8(13)11(7)16-10(19)5-18-2-1-9(15)17-18/h1-4H,5H2,(H2,15,17)(H,16,19). The van der Waals surface area contributed by atoms with E-state index in [-0.39, 0.29) is 22.3 Å². The molecule has 1 heterocycles. The van der Waals surface area contributed by atoms with Gasteiger partial charge in [0, 0.05) is 6.20 Å². The van der Waals surface area contributed by atoms with Crippen LogP contribution in [0.2, 0.25) is 10.0 Å². The maximum Gasteiger partial charge on any atom is 0.246 e. The summed E-state index contributed by atoms with van der Waals surface area (Å²) in [6.07, 6.45) is 1.56. The molecule has 5 nitrogen and oxygen atoms in total. The smallest absolute Gasteiger partial charge is 0.246 e. The summed E-state index contributed by atoms with van der Waals surface area (Å²) < 4.78 is 14.3. The number of nitrogens with two attached hydrogens (primary N) is 1. The number of rotatable bonds is 3. The minimum atomic E-state index is -0.576. The Morgan fingerprint density at radius 3 is 2.58 bits per heavy atom. The van der Waals surface area contributed by atoms with Gasteiger partial charge in [-0.2, -0.15) is 5.10 Å². The van der Waals surface area contributed by atoms with Gasteiger partial charge in [0.1, 0.15) is 18.2 Å². The number of nitrogens with one attached hydrogen (secondary N) is 1. The molecule has 0 spiro atoms. The number of aromatic nitrogens is 2. The SMILES string of the molecule is Nc1ccn(CC(=O)Nc2c(Cl)cc(F)cc2Cl)n1. The highest BCUT2D eigenvalue weighted by atomic mass is 35.5. The molecule has 0 radical (unpaired) electrons. The van der Waals surface area contributed by atoms with E-state index in [1.54, 1.807) is 12.3 Å². The van der Waals surface area contributed by atoms with Crippen molar-refractivity contribution in [1.82, 2.24) is 9.78 Å². The summed E-state index contributed by atoms with van der Waals surface area (Å²) in [6, 6.07) is 3.69. The number of hydrogen-bond donors (Lipinski definition) is 2. The first-order valence-corrected chi connectivity index (χ1v) is 5.94. The van der Waals surface area contributed by atoms with Crippen molar-refractivity contribution in [3.63, 3.8) is 0 Å². The Balaban J connectivity index is 2.11. The molecule has 0 aliphatic carbocycles. The molecule has 0 unspecified atom stereocenters. The molecule has 0 saturated carbocycles. The Labute approximate surface area is 118 Å². The van der Waals surface area contributed by atoms with Crippen LogP contribution in [0.4, 0.5) is 15.9 Å². The molecule has 8 heteroatoms. The molecule has 1 amide bonds. The van der Waals surface area contributed by atoms with Gasteiger partial charge in [-0.05, 0) is 18.2 Å². The van der Waals surface area contributed by atoms with E-state index in [1.807, 2.05) is 0 Å². The third-order valence-electron chi connectivity index (χ3n) is 2.24. The second-order valence-corrected chi connectivity index (χ2v) is 4.55. The van der Waals surface area contributed by atoms with Crippen LogP contribution in [0, 0.1) is 5.82 Å². The first-order chi connectivity index (χ1) is 8.95. The second kappa shape index (κ2) is 5.46. The fourth-order valence-corrected chi connectivity index (χ4v) is 2.01. The maximum absolute atomic E-state index is 13.0. The van der Waals surface area contributed by atoms with Crippen molar-refractivity contribution in [2.75, 3.05) is 11.1 Å². The molecular weight excluding hydrogens is 294 g/mol. The van der Waals surface area contributed by atoms with Crippen molar-refractivity contribution in [3.05, 3.63) is 40.3 Å². The van der Waals surface area contributed by atoms with Gasteiger partial charge in [0.25, 0.3) is 0 Å². The van der Waals surface area contributed by atoms with Crippen molar-refractivity contribution in [1.29, 1.82) is 0 Å². The Kier molecular flexibility index (Phi) is 3.92. The minimum Gasteiger partial charge on any atom is -0.382 e. The van der Waals surface area contributed by atoms with Crippen molar-refractivity contribution >= 4 is 40.6 Å². The highest BCUT2D eigenvalue weighted by Gasteiger charge is 2.12. The van der Waals surface area contributed by atoms with Crippen LogP contribution in [0.1, 0.15) is 0 Å². The zero-order valence-corrected chi connectivity index (χ0v) is 11.0. The predicted molar refractivity (Wildman–Crippen MR) is 71.7 cm³/mol. The summed E-state index contributed by atoms with van der Waals surface area (Å²) >= 11 is 11.6. The van der Waals surface area contributed by atoms with Crippen LogP contribution in [-0.2, 0) is 11.3 Å². The fourth-order valence-electron chi connectivity index (χ4n) is 1.45. The number of nitrogens with zero attached hydrogens (tertiary/aromatic N) is 2. The van der Waals surface area contributed by atoms with E-state index in [1.165, 1.54) is 4.68 Å². The van der Waals surface area contributed by atoms with E-state index < -0.39 is 11.7 Å². The number of benzene rings is 1. The lowest BCUT2D eigenvalue weighted by Gasteiger charge is -2.09. The molecule has 100 valence electrons. The van der Waals surface area contributed by atoms with Gasteiger partial charge in [0.15, 0.2) is 0 Å². The Bertz CT molecular complexity index is 606. The van der Waals surface area contributed by atoms with E-state index in [0.717, 1.165) is 12.1 Å². The zero-order valence-electron chi connectivity index (χ0n) is 9.53. The summed E-state index contributed by atoms with van der Waals surface area (Å²) in [6.45, 7) is -0.0543. The van der Waals surface area contributed by atoms with Crippen LogP contribution in [0.3, 0.4) is 0 Å². The number of carbonyl (C=O) groups is 1. The number of carbonyl (C=O) groups excluding carboxylic acids is 1. The molecular formula is C11H9Cl2FN4O. The van der Waals surface area contributed by atoms with E-state index in [4.69, 9.17) is 28.9 Å². The summed E-state index contributed by atoms with van der Waals surface area (Å²) in [4.78, 5) is 11.8. The average Bonchev–Trinajstić information content (AvgIpc) is 2.69. The Morgan fingerprint density at radius 1 is 1.42 bits per heavy atom. The lowest BCUT2D eigenvalue weighted by atomic mass is 10.3. The number of hydrogen-bond acceptors (Lipinski definition) is 3. The highest BCUT2D eigenvalue weighted by molar-refractivity contribution is 6.39. The normalized spacial score (nSPS) is 10.5. The predicted octanol–water partition coefficient (Wildman–Crippen LogP) is 2.55. The lowest BCUT2D eigenvalue weighted by Crippen LogP contribution is -2.19. The molecule has 0 saturated heterocycles. The van der Waals surface area contributed by atoms with Crippen molar-refractivity contribution in [2.45, 2.75) is 6.54 Å². The highest BCUT2D eigenvalue weighted by Crippen LogP contribution is 2.31. The zero-order chi connectivity index (χ0) is 14.0. The van der Waals surface area contributed by atoms with Crippen molar-refractivity contribution in [2.24, 2.45) is 0 Å². The van der Waals surface area contributed by atoms with Gasteiger partial charge in [-0.15, -0.1) is 0 Å². The Morgan fingerprint density at radius 2 is 2.05 bits per heavy atom. The third-order valence-corrected chi connectivity index (χ3v) is 2.83. The number of halogens is 3. The third kappa shape index (κ3) is 3.36. The summed E-state index contributed by atoms with van der Waals surface area (Å²) in [5, 5.41) is 6.40. The summed E-state index contributed by atoms with van der Waals surface area (Å²) in [5.41, 5.74) is 5.59. The van der Waals surface area contributed by atoms with Crippen molar-refractivity contribution < 1.29 is 9.18 Å². The first-order valence-electron chi connectivity index (χ1n) is 5.19. The van der Waals surface area contributed by atoms with Gasteiger partial charge in [-0.1, -0.05) is 23.2 Å². The van der Waals surface area contributed by atoms with Crippen LogP contribution < -0.4 is 11.1 Å². The van der Waals surface area contributed by atoms with Crippen LogP contribution in [0.25, 0.3) is 0 Å². The fraction of sp³-hybridized carbons (Fsp3) is 0.0909. The van der Waals surface area contributed by atoms with E-state index >= 15 is 0 Å². The van der Waals surface area contributed by atoms with Gasteiger partial charge in [0.2, 0.25) is 5.91 Å². The van der Waals surface area contributed by atoms with E-state index in [0.29, 0.717) is 5.82 Å². The van der Waals surface area contributed by atoms with E-state index in [9.17, 15) is 9.18 Å². The first kappa shape index (κ1) is 13.6. The van der Waals surface area contributed by atoms with Gasteiger partial charge in [-0.25, -0.2) is 4.39 Å². The lowest BCUT2D eigenvalue weighted by molar-refractivity contribution is -0.116. The molecule has 0 bridgehead atoms. The average molecular weight is 303 g/mol. The quantitative estimate of drug-likeness (QED) is 0.915. The molecule has 19 heavy (non-hydrogen) atoms.